The van der Waals surface area contributed by atoms with E-state index < -0.39 is 0 Å². The number of nitrogens with one attached hydrogen (secondary N) is 1. The van der Waals surface area contributed by atoms with Gasteiger partial charge in [-0.1, -0.05) is 32.0 Å². The fraction of sp³-hybridized carbons (Fsp3) is 0.500. The monoisotopic (exact) mass is 244 g/mol. The van der Waals surface area contributed by atoms with Gasteiger partial charge in [-0.15, -0.1) is 0 Å². The zero-order valence-electron chi connectivity index (χ0n) is 11.9. The van der Waals surface area contributed by atoms with E-state index >= 15 is 0 Å². The summed E-state index contributed by atoms with van der Waals surface area (Å²) in [5.41, 5.74) is 2.82. The second-order valence-corrected chi connectivity index (χ2v) is 5.61. The van der Waals surface area contributed by atoms with Crippen LogP contribution in [0.2, 0.25) is 0 Å². The van der Waals surface area contributed by atoms with Gasteiger partial charge in [-0.25, -0.2) is 0 Å². The number of rotatable bonds is 5. The lowest BCUT2D eigenvalue weighted by Gasteiger charge is -2.08. The molecular weight excluding hydrogens is 220 g/mol. The summed E-state index contributed by atoms with van der Waals surface area (Å²) < 4.78 is 2.40. The minimum Gasteiger partial charge on any atom is -0.347 e. The zero-order chi connectivity index (χ0) is 13.1. The van der Waals surface area contributed by atoms with Crippen molar-refractivity contribution in [2.45, 2.75) is 39.8 Å². The third-order valence-electron chi connectivity index (χ3n) is 3.45. The topological polar surface area (TPSA) is 17.0 Å². The largest absolute Gasteiger partial charge is 0.347 e. The van der Waals surface area contributed by atoms with Gasteiger partial charge >= 0.3 is 0 Å². The molecule has 1 heterocycles. The normalized spacial score (nSPS) is 13.4. The third kappa shape index (κ3) is 2.75. The first-order valence-corrected chi connectivity index (χ1v) is 6.85. The summed E-state index contributed by atoms with van der Waals surface area (Å²) in [5.74, 6) is 0.676. The highest BCUT2D eigenvalue weighted by Crippen LogP contribution is 2.23. The molecule has 1 aromatic heterocycles. The van der Waals surface area contributed by atoms with Crippen molar-refractivity contribution in [3.8, 4) is 0 Å². The number of hydrogen-bond donors (Lipinski definition) is 1. The number of nitrogens with zero attached hydrogens (tertiary/aromatic N) is 1. The molecule has 0 bridgehead atoms. The molecule has 0 saturated carbocycles. The van der Waals surface area contributed by atoms with Crippen molar-refractivity contribution >= 4 is 10.9 Å². The highest BCUT2D eigenvalue weighted by atomic mass is 15.0. The minimum atomic E-state index is 0.517. The molecule has 1 aromatic carbocycles. The van der Waals surface area contributed by atoms with E-state index in [4.69, 9.17) is 0 Å². The van der Waals surface area contributed by atoms with E-state index in [0.717, 1.165) is 13.0 Å². The van der Waals surface area contributed by atoms with Crippen LogP contribution in [0.15, 0.2) is 30.5 Å². The summed E-state index contributed by atoms with van der Waals surface area (Å²) in [7, 11) is 2.03. The molecule has 0 amide bonds. The SMILES string of the molecule is CNC(C)Cc1cn(CC(C)C)c2ccccc12. The van der Waals surface area contributed by atoms with Gasteiger partial charge in [0.15, 0.2) is 0 Å². The molecule has 1 atom stereocenters. The van der Waals surface area contributed by atoms with Crippen molar-refractivity contribution in [3.63, 3.8) is 0 Å². The molecule has 98 valence electrons. The Morgan fingerprint density at radius 2 is 1.89 bits per heavy atom. The number of benzene rings is 1. The van der Waals surface area contributed by atoms with Crippen LogP contribution in [0.4, 0.5) is 0 Å². The summed E-state index contributed by atoms with van der Waals surface area (Å²) >= 11 is 0. The summed E-state index contributed by atoms with van der Waals surface area (Å²) in [6, 6.07) is 9.25. The quantitative estimate of drug-likeness (QED) is 0.852. The number of likely N-dealkylation sites (N-methyl/N-ethyl adjacent to an activating group) is 1. The molecule has 1 N–H and O–H groups in total. The van der Waals surface area contributed by atoms with Crippen LogP contribution in [0, 0.1) is 5.92 Å². The molecule has 0 radical (unpaired) electrons. The van der Waals surface area contributed by atoms with Crippen molar-refractivity contribution in [2.24, 2.45) is 5.92 Å². The second kappa shape index (κ2) is 5.57. The van der Waals surface area contributed by atoms with E-state index in [9.17, 15) is 0 Å². The van der Waals surface area contributed by atoms with Gasteiger partial charge in [0, 0.05) is 29.7 Å². The smallest absolute Gasteiger partial charge is 0.0483 e. The van der Waals surface area contributed by atoms with Crippen LogP contribution in [-0.2, 0) is 13.0 Å². The molecule has 2 rings (SSSR count). The van der Waals surface area contributed by atoms with Crippen LogP contribution in [-0.4, -0.2) is 17.7 Å². The van der Waals surface area contributed by atoms with Gasteiger partial charge < -0.3 is 9.88 Å². The molecule has 0 spiro atoms. The zero-order valence-corrected chi connectivity index (χ0v) is 11.9. The van der Waals surface area contributed by atoms with Gasteiger partial charge in [0.25, 0.3) is 0 Å². The Morgan fingerprint density at radius 3 is 2.56 bits per heavy atom. The van der Waals surface area contributed by atoms with Crippen molar-refractivity contribution in [1.29, 1.82) is 0 Å². The predicted molar refractivity (Wildman–Crippen MR) is 79.0 cm³/mol. The van der Waals surface area contributed by atoms with Crippen molar-refractivity contribution in [3.05, 3.63) is 36.0 Å². The maximum Gasteiger partial charge on any atom is 0.0483 e. The molecule has 0 aliphatic rings. The molecule has 18 heavy (non-hydrogen) atoms. The minimum absolute atomic E-state index is 0.517. The first-order valence-electron chi connectivity index (χ1n) is 6.85. The van der Waals surface area contributed by atoms with Crippen LogP contribution in [0.1, 0.15) is 26.3 Å². The van der Waals surface area contributed by atoms with E-state index in [0.29, 0.717) is 12.0 Å². The van der Waals surface area contributed by atoms with Crippen molar-refractivity contribution < 1.29 is 0 Å². The molecule has 2 nitrogen and oxygen atoms in total. The maximum atomic E-state index is 3.32. The van der Waals surface area contributed by atoms with Crippen molar-refractivity contribution in [1.82, 2.24) is 9.88 Å². The Bertz CT molecular complexity index is 511. The molecule has 2 aromatic rings. The van der Waals surface area contributed by atoms with E-state index in [-0.39, 0.29) is 0 Å². The van der Waals surface area contributed by atoms with E-state index in [1.807, 2.05) is 7.05 Å². The molecular formula is C16H24N2. The van der Waals surface area contributed by atoms with Crippen LogP contribution in [0.5, 0.6) is 0 Å². The van der Waals surface area contributed by atoms with Gasteiger partial charge in [-0.2, -0.15) is 0 Å². The predicted octanol–water partition coefficient (Wildman–Crippen LogP) is 3.45. The van der Waals surface area contributed by atoms with Gasteiger partial charge in [-0.3, -0.25) is 0 Å². The molecule has 0 aliphatic heterocycles. The Balaban J connectivity index is 2.40. The Labute approximate surface area is 110 Å². The lowest BCUT2D eigenvalue weighted by molar-refractivity contribution is 0.533. The molecule has 0 saturated heterocycles. The van der Waals surface area contributed by atoms with E-state index in [1.54, 1.807) is 0 Å². The number of para-hydroxylation sites is 1. The van der Waals surface area contributed by atoms with Crippen LogP contribution in [0.25, 0.3) is 10.9 Å². The molecule has 1 unspecified atom stereocenters. The summed E-state index contributed by atoms with van der Waals surface area (Å²) in [5, 5.41) is 4.72. The van der Waals surface area contributed by atoms with Crippen LogP contribution < -0.4 is 5.32 Å². The van der Waals surface area contributed by atoms with Crippen LogP contribution in [0.3, 0.4) is 0 Å². The molecule has 2 heteroatoms. The highest BCUT2D eigenvalue weighted by Gasteiger charge is 2.10. The van der Waals surface area contributed by atoms with E-state index in [1.165, 1.54) is 16.5 Å². The number of aromatic nitrogens is 1. The fourth-order valence-corrected chi connectivity index (χ4v) is 2.46. The Morgan fingerprint density at radius 1 is 1.17 bits per heavy atom. The Kier molecular flexibility index (Phi) is 4.07. The van der Waals surface area contributed by atoms with Gasteiger partial charge in [0.1, 0.15) is 0 Å². The van der Waals surface area contributed by atoms with E-state index in [2.05, 4.69) is 61.1 Å². The lowest BCUT2D eigenvalue weighted by Crippen LogP contribution is -2.23. The fourth-order valence-electron chi connectivity index (χ4n) is 2.46. The maximum absolute atomic E-state index is 3.32. The molecule has 0 aliphatic carbocycles. The van der Waals surface area contributed by atoms with Crippen molar-refractivity contribution in [2.75, 3.05) is 7.05 Å². The Hall–Kier alpha value is -1.28. The van der Waals surface area contributed by atoms with Crippen LogP contribution >= 0.6 is 0 Å². The van der Waals surface area contributed by atoms with Gasteiger partial charge in [-0.05, 0) is 37.9 Å². The average Bonchev–Trinajstić information content (AvgIpc) is 2.67. The standard InChI is InChI=1S/C16H24N2/c1-12(2)10-18-11-14(9-13(3)17-4)15-7-5-6-8-16(15)18/h5-8,11-13,17H,9-10H2,1-4H3. The number of hydrogen-bond acceptors (Lipinski definition) is 1. The third-order valence-corrected chi connectivity index (χ3v) is 3.45. The summed E-state index contributed by atoms with van der Waals surface area (Å²) in [4.78, 5) is 0. The highest BCUT2D eigenvalue weighted by molar-refractivity contribution is 5.84. The summed E-state index contributed by atoms with van der Waals surface area (Å²) in [6.45, 7) is 7.86. The first kappa shape index (κ1) is 13.2. The average molecular weight is 244 g/mol. The first-order chi connectivity index (χ1) is 8.61. The van der Waals surface area contributed by atoms with Gasteiger partial charge in [0.05, 0.1) is 0 Å². The lowest BCUT2D eigenvalue weighted by atomic mass is 10.1. The number of fused-ring (bicyclic) bond motifs is 1. The second-order valence-electron chi connectivity index (χ2n) is 5.61. The van der Waals surface area contributed by atoms with Gasteiger partial charge in [0.2, 0.25) is 0 Å². The molecule has 0 fully saturated rings. The summed E-state index contributed by atoms with van der Waals surface area (Å²) in [6.07, 6.45) is 3.42.